The number of rotatable bonds is 4. The van der Waals surface area contributed by atoms with Crippen molar-refractivity contribution >= 4 is 10.8 Å². The summed E-state index contributed by atoms with van der Waals surface area (Å²) in [6, 6.07) is 10.6. The molecular weight excluding hydrogens is 267 g/mol. The first kappa shape index (κ1) is 14.7. The van der Waals surface area contributed by atoms with Crippen LogP contribution >= 0.6 is 0 Å². The second-order valence-electron chi connectivity index (χ2n) is 4.77. The van der Waals surface area contributed by atoms with Gasteiger partial charge in [0.25, 0.3) is 0 Å². The van der Waals surface area contributed by atoms with Crippen molar-refractivity contribution in [2.45, 2.75) is 25.6 Å². The fourth-order valence-corrected chi connectivity index (χ4v) is 2.16. The molecule has 0 aliphatic heterocycles. The second-order valence-corrected chi connectivity index (χ2v) is 4.77. The highest BCUT2D eigenvalue weighted by Gasteiger charge is 2.26. The Kier molecular flexibility index (Phi) is 4.18. The largest absolute Gasteiger partial charge is 0.507 e. The van der Waals surface area contributed by atoms with Gasteiger partial charge in [0.2, 0.25) is 0 Å². The molecule has 0 aliphatic rings. The molecule has 0 radical (unpaired) electrons. The van der Waals surface area contributed by atoms with Crippen LogP contribution in [0.3, 0.4) is 0 Å². The predicted octanol–water partition coefficient (Wildman–Crippen LogP) is 4.15. The number of halogens is 3. The van der Waals surface area contributed by atoms with Crippen molar-refractivity contribution in [3.05, 3.63) is 42.0 Å². The van der Waals surface area contributed by atoms with E-state index in [-0.39, 0.29) is 18.3 Å². The van der Waals surface area contributed by atoms with Crippen LogP contribution in [0.2, 0.25) is 0 Å². The minimum Gasteiger partial charge on any atom is -0.507 e. The quantitative estimate of drug-likeness (QED) is 0.883. The topological polar surface area (TPSA) is 32.3 Å². The average Bonchev–Trinajstić information content (AvgIpc) is 2.38. The minimum absolute atomic E-state index is 0.120. The van der Waals surface area contributed by atoms with Gasteiger partial charge in [-0.05, 0) is 12.3 Å². The summed E-state index contributed by atoms with van der Waals surface area (Å²) in [5.41, 5.74) is 0.603. The summed E-state index contributed by atoms with van der Waals surface area (Å²) in [7, 11) is 0. The maximum Gasteiger partial charge on any atom is 0.390 e. The van der Waals surface area contributed by atoms with Crippen molar-refractivity contribution in [2.24, 2.45) is 0 Å². The Morgan fingerprint density at radius 2 is 1.85 bits per heavy atom. The third-order valence-electron chi connectivity index (χ3n) is 3.26. The van der Waals surface area contributed by atoms with Gasteiger partial charge in [-0.1, -0.05) is 36.4 Å². The highest BCUT2D eigenvalue weighted by atomic mass is 19.4. The van der Waals surface area contributed by atoms with Crippen LogP contribution in [0.25, 0.3) is 10.8 Å². The molecule has 5 heteroatoms. The van der Waals surface area contributed by atoms with E-state index >= 15 is 0 Å². The molecule has 2 rings (SSSR count). The molecular formula is C15H16F3NO. The monoisotopic (exact) mass is 283 g/mol. The zero-order chi connectivity index (χ0) is 14.8. The summed E-state index contributed by atoms with van der Waals surface area (Å²) >= 11 is 0. The van der Waals surface area contributed by atoms with Crippen LogP contribution in [0, 0.1) is 0 Å². The first-order valence-electron chi connectivity index (χ1n) is 6.39. The Morgan fingerprint density at radius 1 is 1.15 bits per heavy atom. The number of fused-ring (bicyclic) bond motifs is 1. The molecule has 0 fully saturated rings. The predicted molar refractivity (Wildman–Crippen MR) is 72.7 cm³/mol. The van der Waals surface area contributed by atoms with E-state index in [0.29, 0.717) is 10.9 Å². The zero-order valence-corrected chi connectivity index (χ0v) is 11.0. The Balaban J connectivity index is 2.14. The van der Waals surface area contributed by atoms with E-state index in [2.05, 4.69) is 5.32 Å². The molecule has 0 aliphatic carbocycles. The molecule has 0 aromatic heterocycles. The van der Waals surface area contributed by atoms with E-state index < -0.39 is 12.6 Å². The first-order chi connectivity index (χ1) is 9.38. The molecule has 0 saturated heterocycles. The van der Waals surface area contributed by atoms with Gasteiger partial charge in [0.15, 0.2) is 0 Å². The Morgan fingerprint density at radius 3 is 2.55 bits per heavy atom. The minimum atomic E-state index is -4.17. The number of alkyl halides is 3. The zero-order valence-electron chi connectivity index (χ0n) is 11.0. The van der Waals surface area contributed by atoms with Gasteiger partial charge < -0.3 is 10.4 Å². The summed E-state index contributed by atoms with van der Waals surface area (Å²) in [6.07, 6.45) is -5.05. The van der Waals surface area contributed by atoms with Crippen LogP contribution in [0.15, 0.2) is 36.4 Å². The number of hydrogen-bond donors (Lipinski definition) is 2. The van der Waals surface area contributed by atoms with E-state index in [9.17, 15) is 18.3 Å². The van der Waals surface area contributed by atoms with Crippen LogP contribution in [0.5, 0.6) is 5.75 Å². The SMILES string of the molecule is CC(NCCC(F)(F)F)c1ccc2ccccc2c1O. The van der Waals surface area contributed by atoms with Crippen molar-refractivity contribution in [1.82, 2.24) is 5.32 Å². The summed E-state index contributed by atoms with van der Waals surface area (Å²) in [5.74, 6) is 0.120. The third kappa shape index (κ3) is 3.42. The molecule has 0 heterocycles. The van der Waals surface area contributed by atoms with Gasteiger partial charge in [-0.3, -0.25) is 0 Å². The van der Waals surface area contributed by atoms with Crippen molar-refractivity contribution in [3.63, 3.8) is 0 Å². The molecule has 2 aromatic carbocycles. The third-order valence-corrected chi connectivity index (χ3v) is 3.26. The fourth-order valence-electron chi connectivity index (χ4n) is 2.16. The van der Waals surface area contributed by atoms with Gasteiger partial charge in [-0.15, -0.1) is 0 Å². The van der Waals surface area contributed by atoms with Crippen LogP contribution < -0.4 is 5.32 Å². The van der Waals surface area contributed by atoms with E-state index in [0.717, 1.165) is 5.39 Å². The van der Waals surface area contributed by atoms with Gasteiger partial charge >= 0.3 is 6.18 Å². The van der Waals surface area contributed by atoms with Gasteiger partial charge in [0, 0.05) is 23.5 Å². The Labute approximate surface area is 115 Å². The standard InChI is InChI=1S/C15H16F3NO/c1-10(19-9-8-15(16,17)18)12-7-6-11-4-2-3-5-13(11)14(12)20/h2-7,10,19-20H,8-9H2,1H3. The maximum absolute atomic E-state index is 12.1. The summed E-state index contributed by atoms with van der Waals surface area (Å²) in [6.45, 7) is 1.57. The summed E-state index contributed by atoms with van der Waals surface area (Å²) in [5, 5.41) is 14.6. The Bertz CT molecular complexity index is 595. The van der Waals surface area contributed by atoms with Crippen molar-refractivity contribution in [2.75, 3.05) is 6.54 Å². The highest BCUT2D eigenvalue weighted by molar-refractivity contribution is 5.89. The number of hydrogen-bond acceptors (Lipinski definition) is 2. The maximum atomic E-state index is 12.1. The molecule has 2 aromatic rings. The van der Waals surface area contributed by atoms with Crippen molar-refractivity contribution in [1.29, 1.82) is 0 Å². The molecule has 1 atom stereocenters. The lowest BCUT2D eigenvalue weighted by Crippen LogP contribution is -2.24. The van der Waals surface area contributed by atoms with Gasteiger partial charge in [0.05, 0.1) is 6.42 Å². The van der Waals surface area contributed by atoms with E-state index in [1.165, 1.54) is 0 Å². The smallest absolute Gasteiger partial charge is 0.390 e. The number of phenolic OH excluding ortho intramolecular Hbond substituents is 1. The number of nitrogens with one attached hydrogen (secondary N) is 1. The normalized spacial score (nSPS) is 13.6. The molecule has 0 saturated carbocycles. The lowest BCUT2D eigenvalue weighted by atomic mass is 10.0. The second kappa shape index (κ2) is 5.71. The first-order valence-corrected chi connectivity index (χ1v) is 6.39. The fraction of sp³-hybridized carbons (Fsp3) is 0.333. The molecule has 20 heavy (non-hydrogen) atoms. The molecule has 2 nitrogen and oxygen atoms in total. The molecule has 2 N–H and O–H groups in total. The number of benzene rings is 2. The van der Waals surface area contributed by atoms with Gasteiger partial charge in [-0.2, -0.15) is 13.2 Å². The molecule has 0 spiro atoms. The highest BCUT2D eigenvalue weighted by Crippen LogP contribution is 2.32. The average molecular weight is 283 g/mol. The van der Waals surface area contributed by atoms with Crippen molar-refractivity contribution in [3.8, 4) is 5.75 Å². The molecule has 1 unspecified atom stereocenters. The van der Waals surface area contributed by atoms with Gasteiger partial charge in [-0.25, -0.2) is 0 Å². The summed E-state index contributed by atoms with van der Waals surface area (Å²) in [4.78, 5) is 0. The van der Waals surface area contributed by atoms with Crippen LogP contribution in [0.4, 0.5) is 13.2 Å². The van der Waals surface area contributed by atoms with E-state index in [4.69, 9.17) is 0 Å². The van der Waals surface area contributed by atoms with E-state index in [1.807, 2.05) is 24.3 Å². The van der Waals surface area contributed by atoms with Crippen molar-refractivity contribution < 1.29 is 18.3 Å². The molecule has 0 amide bonds. The van der Waals surface area contributed by atoms with Gasteiger partial charge in [0.1, 0.15) is 5.75 Å². The van der Waals surface area contributed by atoms with E-state index in [1.54, 1.807) is 19.1 Å². The number of aromatic hydroxyl groups is 1. The summed E-state index contributed by atoms with van der Waals surface area (Å²) < 4.78 is 36.3. The van der Waals surface area contributed by atoms with Crippen LogP contribution in [-0.4, -0.2) is 17.8 Å². The lowest BCUT2D eigenvalue weighted by Gasteiger charge is -2.17. The van der Waals surface area contributed by atoms with Crippen LogP contribution in [-0.2, 0) is 0 Å². The molecule has 0 bridgehead atoms. The lowest BCUT2D eigenvalue weighted by molar-refractivity contribution is -0.133. The number of phenols is 1. The van der Waals surface area contributed by atoms with Crippen LogP contribution in [0.1, 0.15) is 24.9 Å². The molecule has 108 valence electrons. The Hall–Kier alpha value is -1.75.